The monoisotopic (exact) mass is 477 g/mol. The Morgan fingerprint density at radius 3 is 2.28 bits per heavy atom. The molecule has 8 nitrogen and oxygen atoms in total. The molecular weight excluding hydrogens is 454 g/mol. The molecule has 1 fully saturated rings. The highest BCUT2D eigenvalue weighted by Gasteiger charge is 2.33. The molecule has 1 aliphatic rings. The number of nitrogens with zero attached hydrogens (tertiary/aromatic N) is 2. The molecule has 1 aliphatic carbocycles. The molecule has 3 rings (SSSR count). The minimum atomic E-state index is -3.90. The van der Waals surface area contributed by atoms with Gasteiger partial charge in [-0.05, 0) is 54.8 Å². The number of carboxylic acid groups (broad SMARTS) is 1. The molecule has 0 aromatic heterocycles. The molecule has 0 heterocycles. The number of rotatable bonds is 8. The molecule has 32 heavy (non-hydrogen) atoms. The summed E-state index contributed by atoms with van der Waals surface area (Å²) in [6, 6.07) is 11.6. The van der Waals surface area contributed by atoms with E-state index >= 15 is 0 Å². The molecule has 0 spiro atoms. The molecule has 0 atom stereocenters. The van der Waals surface area contributed by atoms with Crippen LogP contribution in [0, 0.1) is 0 Å². The average molecular weight is 478 g/mol. The minimum absolute atomic E-state index is 0.0855. The molecule has 0 bridgehead atoms. The number of carbonyl (C=O) groups is 2. The van der Waals surface area contributed by atoms with Crippen LogP contribution in [0.3, 0.4) is 0 Å². The summed E-state index contributed by atoms with van der Waals surface area (Å²) in [5.41, 5.74) is 3.09. The van der Waals surface area contributed by atoms with E-state index in [2.05, 4.69) is 10.5 Å². The molecule has 2 aromatic rings. The van der Waals surface area contributed by atoms with Crippen LogP contribution in [-0.4, -0.2) is 48.5 Å². The van der Waals surface area contributed by atoms with Gasteiger partial charge >= 0.3 is 5.97 Å². The molecule has 0 saturated heterocycles. The summed E-state index contributed by atoms with van der Waals surface area (Å²) in [4.78, 5) is 23.5. The first kappa shape index (κ1) is 23.9. The smallest absolute Gasteiger partial charge is 0.335 e. The highest BCUT2D eigenvalue weighted by Crippen LogP contribution is 2.28. The Kier molecular flexibility index (Phi) is 8.00. The van der Waals surface area contributed by atoms with E-state index in [0.29, 0.717) is 23.4 Å². The summed E-state index contributed by atoms with van der Waals surface area (Å²) >= 11 is 5.89. The summed E-state index contributed by atoms with van der Waals surface area (Å²) in [6.07, 6.45) is 5.61. The van der Waals surface area contributed by atoms with E-state index in [0.717, 1.165) is 19.3 Å². The van der Waals surface area contributed by atoms with Crippen LogP contribution in [0.25, 0.3) is 0 Å². The van der Waals surface area contributed by atoms with Crippen molar-refractivity contribution in [3.8, 4) is 0 Å². The fraction of sp³-hybridized carbons (Fsp3) is 0.318. The zero-order chi connectivity index (χ0) is 23.1. The van der Waals surface area contributed by atoms with Gasteiger partial charge in [-0.1, -0.05) is 43.0 Å². The van der Waals surface area contributed by atoms with Crippen molar-refractivity contribution in [3.63, 3.8) is 0 Å². The van der Waals surface area contributed by atoms with Crippen LogP contribution in [0.1, 0.15) is 48.0 Å². The van der Waals surface area contributed by atoms with Crippen molar-refractivity contribution >= 4 is 39.7 Å². The molecule has 0 radical (unpaired) electrons. The van der Waals surface area contributed by atoms with Gasteiger partial charge in [0.1, 0.15) is 0 Å². The maximum atomic E-state index is 13.3. The van der Waals surface area contributed by atoms with E-state index in [1.807, 2.05) is 0 Å². The van der Waals surface area contributed by atoms with Crippen LogP contribution in [0.2, 0.25) is 5.02 Å². The Hall–Kier alpha value is -2.75. The topological polar surface area (TPSA) is 116 Å². The third-order valence-corrected chi connectivity index (χ3v) is 7.43. The van der Waals surface area contributed by atoms with Gasteiger partial charge in [0.2, 0.25) is 10.0 Å². The Labute approximate surface area is 191 Å². The van der Waals surface area contributed by atoms with Gasteiger partial charge in [0.25, 0.3) is 5.91 Å². The Balaban J connectivity index is 1.72. The number of halogens is 1. The number of carbonyl (C=O) groups excluding carboxylic acids is 1. The predicted molar refractivity (Wildman–Crippen MR) is 121 cm³/mol. The highest BCUT2D eigenvalue weighted by atomic mass is 35.5. The van der Waals surface area contributed by atoms with Crippen LogP contribution in [0.15, 0.2) is 58.5 Å². The number of benzene rings is 2. The highest BCUT2D eigenvalue weighted by molar-refractivity contribution is 7.89. The van der Waals surface area contributed by atoms with Crippen LogP contribution in [0.5, 0.6) is 0 Å². The van der Waals surface area contributed by atoms with Gasteiger partial charge in [-0.2, -0.15) is 9.41 Å². The van der Waals surface area contributed by atoms with Crippen LogP contribution in [0.4, 0.5) is 0 Å². The summed E-state index contributed by atoms with van der Waals surface area (Å²) < 4.78 is 27.8. The molecule has 2 N–H and O–H groups in total. The van der Waals surface area contributed by atoms with Crippen LogP contribution >= 0.6 is 11.6 Å². The number of hydrogen-bond acceptors (Lipinski definition) is 5. The molecule has 2 aromatic carbocycles. The number of hydrazone groups is 1. The number of nitrogens with one attached hydrogen (secondary N) is 1. The molecule has 0 aliphatic heterocycles. The second-order valence-electron chi connectivity index (χ2n) is 7.52. The lowest BCUT2D eigenvalue weighted by molar-refractivity contribution is -0.121. The van der Waals surface area contributed by atoms with Crippen molar-refractivity contribution in [1.82, 2.24) is 9.73 Å². The van der Waals surface area contributed by atoms with E-state index in [4.69, 9.17) is 16.7 Å². The summed E-state index contributed by atoms with van der Waals surface area (Å²) in [6.45, 7) is -0.356. The summed E-state index contributed by atoms with van der Waals surface area (Å²) in [5, 5.41) is 13.2. The number of carboxylic acids is 1. The number of sulfonamides is 1. The molecule has 0 unspecified atom stereocenters. The van der Waals surface area contributed by atoms with Crippen molar-refractivity contribution in [2.75, 3.05) is 6.54 Å². The lowest BCUT2D eigenvalue weighted by Crippen LogP contribution is -2.46. The Morgan fingerprint density at radius 1 is 1.06 bits per heavy atom. The third kappa shape index (κ3) is 6.15. The second kappa shape index (κ2) is 10.7. The van der Waals surface area contributed by atoms with Gasteiger partial charge in [-0.15, -0.1) is 0 Å². The number of hydrogen-bond donors (Lipinski definition) is 2. The van der Waals surface area contributed by atoms with Crippen molar-refractivity contribution in [1.29, 1.82) is 0 Å². The molecular formula is C22H24ClN3O5S. The SMILES string of the molecule is O=C(CN(C1CCCCC1)S(=O)(=O)c1ccc(Cl)cc1)N/N=C/c1ccc(C(=O)O)cc1. The Bertz CT molecular complexity index is 1080. The third-order valence-electron chi connectivity index (χ3n) is 5.26. The number of amides is 1. The van der Waals surface area contributed by atoms with E-state index in [9.17, 15) is 18.0 Å². The van der Waals surface area contributed by atoms with Gasteiger partial charge < -0.3 is 5.11 Å². The van der Waals surface area contributed by atoms with Crippen molar-refractivity contribution in [3.05, 3.63) is 64.7 Å². The standard InChI is InChI=1S/C22H24ClN3O5S/c23-18-10-12-20(13-11-18)32(30,31)26(19-4-2-1-3-5-19)15-21(27)25-24-14-16-6-8-17(9-7-16)22(28)29/h6-14,19H,1-5,15H2,(H,25,27)(H,28,29)/b24-14+. The zero-order valence-corrected chi connectivity index (χ0v) is 18.8. The quantitative estimate of drug-likeness (QED) is 0.445. The van der Waals surface area contributed by atoms with Gasteiger partial charge in [0.05, 0.1) is 23.2 Å². The molecule has 10 heteroatoms. The minimum Gasteiger partial charge on any atom is -0.478 e. The van der Waals surface area contributed by atoms with Gasteiger partial charge in [-0.25, -0.2) is 18.6 Å². The van der Waals surface area contributed by atoms with Crippen LogP contribution in [-0.2, 0) is 14.8 Å². The molecule has 1 saturated carbocycles. The van der Waals surface area contributed by atoms with Crippen molar-refractivity contribution < 1.29 is 23.1 Å². The predicted octanol–water partition coefficient (Wildman–Crippen LogP) is 3.51. The summed E-state index contributed by atoms with van der Waals surface area (Å²) in [5.74, 6) is -1.60. The number of aromatic carboxylic acids is 1. The normalized spacial score (nSPS) is 15.2. The van der Waals surface area contributed by atoms with E-state index in [1.54, 1.807) is 12.1 Å². The maximum absolute atomic E-state index is 13.3. The first-order chi connectivity index (χ1) is 15.3. The summed E-state index contributed by atoms with van der Waals surface area (Å²) in [7, 11) is -3.90. The molecule has 170 valence electrons. The molecule has 1 amide bonds. The Morgan fingerprint density at radius 2 is 1.69 bits per heavy atom. The first-order valence-corrected chi connectivity index (χ1v) is 12.0. The lowest BCUT2D eigenvalue weighted by Gasteiger charge is -2.32. The van der Waals surface area contributed by atoms with Gasteiger partial charge in [0, 0.05) is 11.1 Å². The lowest BCUT2D eigenvalue weighted by atomic mass is 9.95. The van der Waals surface area contributed by atoms with E-state index in [1.165, 1.54) is 46.9 Å². The van der Waals surface area contributed by atoms with E-state index < -0.39 is 21.9 Å². The van der Waals surface area contributed by atoms with Crippen LogP contribution < -0.4 is 5.43 Å². The van der Waals surface area contributed by atoms with Gasteiger partial charge in [0.15, 0.2) is 0 Å². The van der Waals surface area contributed by atoms with Gasteiger partial charge in [-0.3, -0.25) is 4.79 Å². The van der Waals surface area contributed by atoms with Crippen molar-refractivity contribution in [2.24, 2.45) is 5.10 Å². The van der Waals surface area contributed by atoms with E-state index in [-0.39, 0.29) is 23.0 Å². The average Bonchev–Trinajstić information content (AvgIpc) is 2.78. The zero-order valence-electron chi connectivity index (χ0n) is 17.3. The fourth-order valence-electron chi connectivity index (χ4n) is 3.59. The first-order valence-electron chi connectivity index (χ1n) is 10.2. The maximum Gasteiger partial charge on any atom is 0.335 e. The van der Waals surface area contributed by atoms with Crippen molar-refractivity contribution in [2.45, 2.75) is 43.0 Å². The largest absolute Gasteiger partial charge is 0.478 e. The second-order valence-corrected chi connectivity index (χ2v) is 9.84. The fourth-order valence-corrected chi connectivity index (χ4v) is 5.36.